The Bertz CT molecular complexity index is 921. The molecule has 2 aliphatic rings. The van der Waals surface area contributed by atoms with E-state index < -0.39 is 11.7 Å². The largest absolute Gasteiger partial charge is 0.341 e. The molecule has 2 aliphatic heterocycles. The first-order valence-corrected chi connectivity index (χ1v) is 10.4. The molecule has 2 aromatic rings. The van der Waals surface area contributed by atoms with Gasteiger partial charge >= 0.3 is 0 Å². The van der Waals surface area contributed by atoms with Crippen LogP contribution in [0.1, 0.15) is 29.6 Å². The van der Waals surface area contributed by atoms with Gasteiger partial charge in [-0.05, 0) is 32.4 Å². The number of piperidine rings is 1. The highest BCUT2D eigenvalue weighted by Gasteiger charge is 2.28. The highest BCUT2D eigenvalue weighted by Crippen LogP contribution is 2.23. The van der Waals surface area contributed by atoms with Crippen LogP contribution in [0.4, 0.5) is 0 Å². The zero-order valence-corrected chi connectivity index (χ0v) is 17.0. The van der Waals surface area contributed by atoms with E-state index in [1.165, 1.54) is 6.42 Å². The van der Waals surface area contributed by atoms with Crippen molar-refractivity contribution >= 4 is 28.5 Å². The second-order valence-electron chi connectivity index (χ2n) is 8.05. The first kappa shape index (κ1) is 19.6. The van der Waals surface area contributed by atoms with Crippen LogP contribution < -0.4 is 0 Å². The number of benzene rings is 1. The number of hydrogen-bond donors (Lipinski definition) is 0. The SMILES string of the molecule is CN1CCN(C(=O)C(=O)c2cn(CC(=O)N3CCCCC3)c3ccccc23)CC1. The number of amides is 2. The maximum Gasteiger partial charge on any atom is 0.295 e. The predicted octanol–water partition coefficient (Wildman–Crippen LogP) is 1.61. The van der Waals surface area contributed by atoms with Gasteiger partial charge in [0.15, 0.2) is 0 Å². The lowest BCUT2D eigenvalue weighted by Gasteiger charge is -2.31. The summed E-state index contributed by atoms with van der Waals surface area (Å²) < 4.78 is 1.82. The minimum absolute atomic E-state index is 0.0647. The van der Waals surface area contributed by atoms with Crippen molar-refractivity contribution in [3.63, 3.8) is 0 Å². The molecule has 7 nitrogen and oxygen atoms in total. The normalized spacial score (nSPS) is 18.2. The fourth-order valence-corrected chi connectivity index (χ4v) is 4.22. The number of carbonyl (C=O) groups excluding carboxylic acids is 3. The minimum Gasteiger partial charge on any atom is -0.341 e. The monoisotopic (exact) mass is 396 g/mol. The van der Waals surface area contributed by atoms with Gasteiger partial charge in [0.25, 0.3) is 11.7 Å². The van der Waals surface area contributed by atoms with Gasteiger partial charge in [0.1, 0.15) is 6.54 Å². The Morgan fingerprint density at radius 1 is 0.862 bits per heavy atom. The zero-order valence-electron chi connectivity index (χ0n) is 17.0. The summed E-state index contributed by atoms with van der Waals surface area (Å²) in [5.74, 6) is -0.881. The smallest absolute Gasteiger partial charge is 0.295 e. The quantitative estimate of drug-likeness (QED) is 0.582. The van der Waals surface area contributed by atoms with E-state index in [4.69, 9.17) is 0 Å². The zero-order chi connectivity index (χ0) is 20.4. The maximum atomic E-state index is 13.0. The number of likely N-dealkylation sites (tertiary alicyclic amines) is 1. The van der Waals surface area contributed by atoms with Gasteiger partial charge in [0.2, 0.25) is 5.91 Å². The summed E-state index contributed by atoms with van der Waals surface area (Å²) in [5.41, 5.74) is 1.20. The number of fused-ring (bicyclic) bond motifs is 1. The standard InChI is InChI=1S/C22H28N4O3/c1-23-11-13-25(14-12-23)22(29)21(28)18-15-26(19-8-4-3-7-17(18)19)16-20(27)24-9-5-2-6-10-24/h3-4,7-8,15H,2,5-6,9-14,16H2,1H3. The number of nitrogens with zero attached hydrogens (tertiary/aromatic N) is 4. The molecular formula is C22H28N4O3. The third-order valence-electron chi connectivity index (χ3n) is 6.03. The lowest BCUT2D eigenvalue weighted by molar-refractivity contribution is -0.132. The van der Waals surface area contributed by atoms with Crippen LogP contribution in [0.25, 0.3) is 10.9 Å². The third-order valence-corrected chi connectivity index (χ3v) is 6.03. The van der Waals surface area contributed by atoms with E-state index in [2.05, 4.69) is 4.90 Å². The Morgan fingerprint density at radius 3 is 2.28 bits per heavy atom. The maximum absolute atomic E-state index is 13.0. The summed E-state index contributed by atoms with van der Waals surface area (Å²) >= 11 is 0. The van der Waals surface area contributed by atoms with E-state index >= 15 is 0 Å². The average molecular weight is 396 g/mol. The molecule has 7 heteroatoms. The van der Waals surface area contributed by atoms with Crippen LogP contribution in [0, 0.1) is 0 Å². The molecule has 0 N–H and O–H groups in total. The van der Waals surface area contributed by atoms with Gasteiger partial charge in [-0.3, -0.25) is 14.4 Å². The third kappa shape index (κ3) is 4.05. The van der Waals surface area contributed by atoms with Crippen molar-refractivity contribution in [2.45, 2.75) is 25.8 Å². The molecule has 1 aromatic carbocycles. The molecule has 29 heavy (non-hydrogen) atoms. The van der Waals surface area contributed by atoms with E-state index in [9.17, 15) is 14.4 Å². The molecule has 2 saturated heterocycles. The van der Waals surface area contributed by atoms with Gasteiger partial charge < -0.3 is 19.3 Å². The van der Waals surface area contributed by atoms with Crippen molar-refractivity contribution in [3.8, 4) is 0 Å². The van der Waals surface area contributed by atoms with Crippen LogP contribution in [0.15, 0.2) is 30.5 Å². The highest BCUT2D eigenvalue weighted by atomic mass is 16.2. The van der Waals surface area contributed by atoms with Crippen LogP contribution in [0.3, 0.4) is 0 Å². The number of rotatable bonds is 4. The minimum atomic E-state index is -0.491. The van der Waals surface area contributed by atoms with Crippen molar-refractivity contribution in [1.82, 2.24) is 19.3 Å². The predicted molar refractivity (Wildman–Crippen MR) is 111 cm³/mol. The molecule has 0 radical (unpaired) electrons. The van der Waals surface area contributed by atoms with E-state index in [-0.39, 0.29) is 12.5 Å². The van der Waals surface area contributed by atoms with Crippen molar-refractivity contribution < 1.29 is 14.4 Å². The molecule has 4 rings (SSSR count). The Labute approximate surface area is 170 Å². The topological polar surface area (TPSA) is 65.9 Å². The van der Waals surface area contributed by atoms with Gasteiger partial charge in [-0.1, -0.05) is 18.2 Å². The highest BCUT2D eigenvalue weighted by molar-refractivity contribution is 6.44. The number of aromatic nitrogens is 1. The van der Waals surface area contributed by atoms with Crippen LogP contribution in [-0.4, -0.2) is 83.2 Å². The lowest BCUT2D eigenvalue weighted by Crippen LogP contribution is -2.49. The van der Waals surface area contributed by atoms with E-state index in [0.717, 1.165) is 49.9 Å². The number of ketones is 1. The molecule has 154 valence electrons. The van der Waals surface area contributed by atoms with Gasteiger partial charge in [-0.2, -0.15) is 0 Å². The molecule has 3 heterocycles. The van der Waals surface area contributed by atoms with Crippen molar-refractivity contribution in [3.05, 3.63) is 36.0 Å². The summed E-state index contributed by atoms with van der Waals surface area (Å²) in [7, 11) is 2.01. The van der Waals surface area contributed by atoms with Gasteiger partial charge in [-0.15, -0.1) is 0 Å². The molecule has 1 aromatic heterocycles. The Hall–Kier alpha value is -2.67. The number of carbonyl (C=O) groups is 3. The molecular weight excluding hydrogens is 368 g/mol. The molecule has 2 amide bonds. The first-order chi connectivity index (χ1) is 14.0. The van der Waals surface area contributed by atoms with E-state index in [1.807, 2.05) is 40.8 Å². The second kappa shape index (κ2) is 8.37. The average Bonchev–Trinajstić information content (AvgIpc) is 3.12. The lowest BCUT2D eigenvalue weighted by atomic mass is 10.1. The van der Waals surface area contributed by atoms with Crippen molar-refractivity contribution in [2.24, 2.45) is 0 Å². The fraction of sp³-hybridized carbons (Fsp3) is 0.500. The number of piperazine rings is 1. The Morgan fingerprint density at radius 2 is 1.55 bits per heavy atom. The molecule has 0 bridgehead atoms. The molecule has 0 unspecified atom stereocenters. The number of likely N-dealkylation sites (N-methyl/N-ethyl adjacent to an activating group) is 1. The molecule has 0 atom stereocenters. The van der Waals surface area contributed by atoms with Crippen molar-refractivity contribution in [1.29, 1.82) is 0 Å². The number of Topliss-reactive ketones (excluding diaryl/α,β-unsaturated/α-hetero) is 1. The number of hydrogen-bond acceptors (Lipinski definition) is 4. The summed E-state index contributed by atoms with van der Waals surface area (Å²) in [5, 5.41) is 0.728. The van der Waals surface area contributed by atoms with Crippen LogP contribution >= 0.6 is 0 Å². The van der Waals surface area contributed by atoms with Crippen molar-refractivity contribution in [2.75, 3.05) is 46.3 Å². The Kier molecular flexibility index (Phi) is 5.67. The van der Waals surface area contributed by atoms with Crippen LogP contribution in [0.2, 0.25) is 0 Å². The molecule has 2 fully saturated rings. The number of para-hydroxylation sites is 1. The summed E-state index contributed by atoms with van der Waals surface area (Å²) in [6.45, 7) is 4.45. The summed E-state index contributed by atoms with van der Waals surface area (Å²) in [4.78, 5) is 44.2. The molecule has 0 saturated carbocycles. The van der Waals surface area contributed by atoms with Crippen LogP contribution in [-0.2, 0) is 16.1 Å². The van der Waals surface area contributed by atoms with E-state index in [0.29, 0.717) is 18.7 Å². The van der Waals surface area contributed by atoms with Gasteiger partial charge in [0, 0.05) is 56.4 Å². The van der Waals surface area contributed by atoms with Gasteiger partial charge in [0.05, 0.1) is 5.56 Å². The molecule has 0 aliphatic carbocycles. The first-order valence-electron chi connectivity index (χ1n) is 10.4. The fourth-order valence-electron chi connectivity index (χ4n) is 4.22. The Balaban J connectivity index is 1.57. The second-order valence-corrected chi connectivity index (χ2v) is 8.05. The summed E-state index contributed by atoms with van der Waals surface area (Å²) in [6, 6.07) is 7.49. The van der Waals surface area contributed by atoms with E-state index in [1.54, 1.807) is 11.1 Å². The molecule has 0 spiro atoms. The summed E-state index contributed by atoms with van der Waals surface area (Å²) in [6.07, 6.45) is 4.94. The van der Waals surface area contributed by atoms with Crippen LogP contribution in [0.5, 0.6) is 0 Å². The van der Waals surface area contributed by atoms with Gasteiger partial charge in [-0.25, -0.2) is 0 Å².